The number of aliphatic carboxylic acids is 1. The number of nitrogens with one attached hydrogen (secondary N) is 1. The van der Waals surface area contributed by atoms with Crippen LogP contribution in [0.4, 0.5) is 8.78 Å². The summed E-state index contributed by atoms with van der Waals surface area (Å²) < 4.78 is 33.8. The van der Waals surface area contributed by atoms with E-state index in [2.05, 4.69) is 10.1 Å². The molecule has 0 saturated heterocycles. The highest BCUT2D eigenvalue weighted by Crippen LogP contribution is 2.29. The first kappa shape index (κ1) is 17.2. The molecule has 0 aliphatic heterocycles. The van der Waals surface area contributed by atoms with Gasteiger partial charge in [0.05, 0.1) is 7.11 Å². The third kappa shape index (κ3) is 4.56. The molecule has 0 fully saturated rings. The monoisotopic (exact) mass is 303 g/mol. The average Bonchev–Trinajstić information content (AvgIpc) is 2.45. The summed E-state index contributed by atoms with van der Waals surface area (Å²) in [5.41, 5.74) is -0.347. The molecule has 0 bridgehead atoms. The summed E-state index contributed by atoms with van der Waals surface area (Å²) in [6.45, 7) is 0.683. The van der Waals surface area contributed by atoms with E-state index < -0.39 is 18.1 Å². The lowest BCUT2D eigenvalue weighted by atomic mass is 9.99. The quantitative estimate of drug-likeness (QED) is 0.773. The number of hydrogen-bond donors (Lipinski definition) is 2. The van der Waals surface area contributed by atoms with Crippen LogP contribution in [0.3, 0.4) is 0 Å². The van der Waals surface area contributed by atoms with E-state index in [1.54, 1.807) is 19.9 Å². The molecule has 1 unspecified atom stereocenters. The molecular weight excluding hydrogens is 284 g/mol. The lowest BCUT2D eigenvalue weighted by molar-refractivity contribution is -0.144. The molecule has 0 saturated carbocycles. The lowest BCUT2D eigenvalue weighted by Gasteiger charge is -2.25. The molecule has 0 aromatic heterocycles. The Morgan fingerprint density at radius 1 is 1.43 bits per heavy atom. The number of rotatable bonds is 8. The number of ether oxygens (including phenoxy) is 2. The predicted molar refractivity (Wildman–Crippen MR) is 72.8 cm³/mol. The Hall–Kier alpha value is -1.89. The smallest absolute Gasteiger partial charge is 0.387 e. The van der Waals surface area contributed by atoms with Crippen molar-refractivity contribution < 1.29 is 28.2 Å². The number of halogens is 2. The van der Waals surface area contributed by atoms with Crippen LogP contribution in [-0.4, -0.2) is 30.3 Å². The van der Waals surface area contributed by atoms with Gasteiger partial charge in [-0.3, -0.25) is 10.1 Å². The molecule has 1 aromatic rings. The zero-order chi connectivity index (χ0) is 16.0. The molecule has 2 N–H and O–H groups in total. The summed E-state index contributed by atoms with van der Waals surface area (Å²) in [4.78, 5) is 11.2. The fourth-order valence-electron chi connectivity index (χ4n) is 1.66. The minimum atomic E-state index is -2.93. The van der Waals surface area contributed by atoms with Gasteiger partial charge in [-0.05, 0) is 31.0 Å². The Balaban J connectivity index is 2.83. The van der Waals surface area contributed by atoms with Crippen molar-refractivity contribution in [1.82, 2.24) is 5.32 Å². The third-order valence-corrected chi connectivity index (χ3v) is 3.31. The zero-order valence-corrected chi connectivity index (χ0v) is 12.2. The molecule has 1 aromatic carbocycles. The summed E-state index contributed by atoms with van der Waals surface area (Å²) in [6, 6.07) is 4.47. The first-order valence-electron chi connectivity index (χ1n) is 6.42. The first-order valence-corrected chi connectivity index (χ1v) is 6.42. The van der Waals surface area contributed by atoms with Gasteiger partial charge in [0.2, 0.25) is 0 Å². The van der Waals surface area contributed by atoms with Crippen molar-refractivity contribution in [3.63, 3.8) is 0 Å². The van der Waals surface area contributed by atoms with E-state index in [9.17, 15) is 13.6 Å². The molecule has 0 amide bonds. The molecular formula is C14H19F2NO4. The zero-order valence-electron chi connectivity index (χ0n) is 12.2. The minimum absolute atomic E-state index is 0.0623. The van der Waals surface area contributed by atoms with Crippen LogP contribution in [0.15, 0.2) is 18.2 Å². The molecule has 7 heteroatoms. The molecule has 0 radical (unpaired) electrons. The average molecular weight is 303 g/mol. The normalized spacial score (nSPS) is 13.8. The van der Waals surface area contributed by atoms with Gasteiger partial charge in [-0.1, -0.05) is 13.0 Å². The van der Waals surface area contributed by atoms with E-state index in [0.717, 1.165) is 0 Å². The van der Waals surface area contributed by atoms with E-state index >= 15 is 0 Å². The van der Waals surface area contributed by atoms with Crippen molar-refractivity contribution in [3.05, 3.63) is 23.8 Å². The van der Waals surface area contributed by atoms with Crippen molar-refractivity contribution in [3.8, 4) is 11.5 Å². The molecule has 0 aliphatic rings. The SMILES string of the molecule is CCC(C)(NCc1ccc(OC(F)F)c(OC)c1)C(=O)O. The number of hydrogen-bond acceptors (Lipinski definition) is 4. The summed E-state index contributed by atoms with van der Waals surface area (Å²) in [5.74, 6) is -0.842. The maximum absolute atomic E-state index is 12.2. The van der Waals surface area contributed by atoms with Crippen LogP contribution in [0.5, 0.6) is 11.5 Å². The third-order valence-electron chi connectivity index (χ3n) is 3.31. The molecule has 1 rings (SSSR count). The Morgan fingerprint density at radius 2 is 2.10 bits per heavy atom. The van der Waals surface area contributed by atoms with Gasteiger partial charge in [0, 0.05) is 6.54 Å². The van der Waals surface area contributed by atoms with Crippen LogP contribution in [-0.2, 0) is 11.3 Å². The molecule has 118 valence electrons. The van der Waals surface area contributed by atoms with Gasteiger partial charge >= 0.3 is 12.6 Å². The van der Waals surface area contributed by atoms with Gasteiger partial charge in [0.25, 0.3) is 0 Å². The van der Waals surface area contributed by atoms with Crippen LogP contribution in [0.25, 0.3) is 0 Å². The Bertz CT molecular complexity index is 496. The highest BCUT2D eigenvalue weighted by Gasteiger charge is 2.30. The minimum Gasteiger partial charge on any atom is -0.493 e. The lowest BCUT2D eigenvalue weighted by Crippen LogP contribution is -2.48. The van der Waals surface area contributed by atoms with E-state index in [1.165, 1.54) is 19.2 Å². The van der Waals surface area contributed by atoms with Gasteiger partial charge in [-0.15, -0.1) is 0 Å². The summed E-state index contributed by atoms with van der Waals surface area (Å²) in [5, 5.41) is 12.1. The highest BCUT2D eigenvalue weighted by molar-refractivity contribution is 5.78. The standard InChI is InChI=1S/C14H19F2NO4/c1-4-14(2,12(18)19)17-8-9-5-6-10(21-13(15)16)11(7-9)20-3/h5-7,13,17H,4,8H2,1-3H3,(H,18,19). The van der Waals surface area contributed by atoms with Crippen molar-refractivity contribution >= 4 is 5.97 Å². The van der Waals surface area contributed by atoms with Crippen molar-refractivity contribution in [2.24, 2.45) is 0 Å². The Kier molecular flexibility index (Phi) is 5.90. The van der Waals surface area contributed by atoms with Crippen LogP contribution in [0.2, 0.25) is 0 Å². The van der Waals surface area contributed by atoms with Gasteiger partial charge in [-0.2, -0.15) is 8.78 Å². The van der Waals surface area contributed by atoms with Crippen molar-refractivity contribution in [2.45, 2.75) is 39.0 Å². The fraction of sp³-hybridized carbons (Fsp3) is 0.500. The molecule has 5 nitrogen and oxygen atoms in total. The number of alkyl halides is 2. The van der Waals surface area contributed by atoms with Crippen molar-refractivity contribution in [1.29, 1.82) is 0 Å². The second-order valence-corrected chi connectivity index (χ2v) is 4.71. The fourth-order valence-corrected chi connectivity index (χ4v) is 1.66. The molecule has 0 aliphatic carbocycles. The van der Waals surface area contributed by atoms with Gasteiger partial charge in [0.15, 0.2) is 11.5 Å². The van der Waals surface area contributed by atoms with Crippen LogP contribution < -0.4 is 14.8 Å². The van der Waals surface area contributed by atoms with Gasteiger partial charge < -0.3 is 14.6 Å². The van der Waals surface area contributed by atoms with Gasteiger partial charge in [-0.25, -0.2) is 0 Å². The van der Waals surface area contributed by atoms with Crippen LogP contribution in [0, 0.1) is 0 Å². The first-order chi connectivity index (χ1) is 9.82. The van der Waals surface area contributed by atoms with E-state index in [0.29, 0.717) is 12.0 Å². The second kappa shape index (κ2) is 7.21. The number of carboxylic acids is 1. The number of carboxylic acid groups (broad SMARTS) is 1. The second-order valence-electron chi connectivity index (χ2n) is 4.71. The van der Waals surface area contributed by atoms with Crippen LogP contribution >= 0.6 is 0 Å². The maximum atomic E-state index is 12.2. The summed E-state index contributed by atoms with van der Waals surface area (Å²) >= 11 is 0. The van der Waals surface area contributed by atoms with E-state index in [1.807, 2.05) is 0 Å². The van der Waals surface area contributed by atoms with E-state index in [4.69, 9.17) is 9.84 Å². The largest absolute Gasteiger partial charge is 0.493 e. The maximum Gasteiger partial charge on any atom is 0.387 e. The topological polar surface area (TPSA) is 67.8 Å². The highest BCUT2D eigenvalue weighted by atomic mass is 19.3. The Labute approximate surface area is 121 Å². The molecule has 0 heterocycles. The van der Waals surface area contributed by atoms with E-state index in [-0.39, 0.29) is 18.0 Å². The number of carbonyl (C=O) groups is 1. The molecule has 0 spiro atoms. The Morgan fingerprint density at radius 3 is 2.57 bits per heavy atom. The summed E-state index contributed by atoms with van der Waals surface area (Å²) in [6.07, 6.45) is 0.409. The molecule has 21 heavy (non-hydrogen) atoms. The summed E-state index contributed by atoms with van der Waals surface area (Å²) in [7, 11) is 1.35. The number of methoxy groups -OCH3 is 1. The predicted octanol–water partition coefficient (Wildman–Crippen LogP) is 2.64. The van der Waals surface area contributed by atoms with Crippen LogP contribution in [0.1, 0.15) is 25.8 Å². The number of benzene rings is 1. The van der Waals surface area contributed by atoms with Gasteiger partial charge in [0.1, 0.15) is 5.54 Å². The van der Waals surface area contributed by atoms with Crippen molar-refractivity contribution in [2.75, 3.05) is 7.11 Å². The molecule has 1 atom stereocenters.